The molecule has 2 heterocycles. The quantitative estimate of drug-likeness (QED) is 0.821. The normalized spacial score (nSPS) is 24.5. The van der Waals surface area contributed by atoms with Crippen LogP contribution < -0.4 is 0 Å². The molecular weight excluding hydrogens is 383 g/mol. The van der Waals surface area contributed by atoms with E-state index in [0.717, 1.165) is 37.1 Å². The molecule has 30 heavy (non-hydrogen) atoms. The number of fused-ring (bicyclic) bond motifs is 1. The number of carbonyl (C=O) groups excluding carboxylic acids is 1. The van der Waals surface area contributed by atoms with E-state index < -0.39 is 0 Å². The van der Waals surface area contributed by atoms with Crippen LogP contribution in [0, 0.1) is 5.82 Å². The van der Waals surface area contributed by atoms with Gasteiger partial charge in [-0.2, -0.15) is 0 Å². The lowest BCUT2D eigenvalue weighted by molar-refractivity contribution is -0.140. The van der Waals surface area contributed by atoms with Crippen molar-refractivity contribution < 1.29 is 19.0 Å². The first-order valence-corrected chi connectivity index (χ1v) is 10.6. The third kappa shape index (κ3) is 4.13. The molecule has 0 radical (unpaired) electrons. The Morgan fingerprint density at radius 3 is 2.33 bits per heavy atom. The van der Waals surface area contributed by atoms with Gasteiger partial charge in [-0.25, -0.2) is 4.39 Å². The third-order valence-electron chi connectivity index (χ3n) is 6.46. The Hall–Kier alpha value is -2.28. The highest BCUT2D eigenvalue weighted by Gasteiger charge is 2.49. The van der Waals surface area contributed by atoms with Crippen LogP contribution in [0.4, 0.5) is 4.39 Å². The van der Waals surface area contributed by atoms with Gasteiger partial charge in [0, 0.05) is 38.2 Å². The Morgan fingerprint density at radius 1 is 1.07 bits per heavy atom. The number of methoxy groups -OCH3 is 1. The van der Waals surface area contributed by atoms with Crippen LogP contribution in [0.5, 0.6) is 0 Å². The highest BCUT2D eigenvalue weighted by molar-refractivity contribution is 5.77. The van der Waals surface area contributed by atoms with Gasteiger partial charge in [0.2, 0.25) is 5.91 Å². The number of ether oxygens (including phenoxy) is 1. The molecule has 2 aromatic rings. The minimum Gasteiger partial charge on any atom is -0.395 e. The Bertz CT molecular complexity index is 856. The molecule has 1 N–H and O–H groups in total. The minimum atomic E-state index is -0.243. The molecular formula is C24H29FN2O3. The van der Waals surface area contributed by atoms with Crippen LogP contribution in [0.2, 0.25) is 0 Å². The molecule has 2 aliphatic heterocycles. The zero-order valence-corrected chi connectivity index (χ0v) is 17.3. The van der Waals surface area contributed by atoms with Crippen molar-refractivity contribution in [1.29, 1.82) is 0 Å². The molecule has 0 spiro atoms. The van der Waals surface area contributed by atoms with E-state index in [-0.39, 0.29) is 42.9 Å². The second-order valence-corrected chi connectivity index (χ2v) is 8.19. The molecule has 0 saturated carbocycles. The maximum absolute atomic E-state index is 13.2. The molecule has 3 atom stereocenters. The van der Waals surface area contributed by atoms with E-state index in [4.69, 9.17) is 4.74 Å². The summed E-state index contributed by atoms with van der Waals surface area (Å²) in [6.45, 7) is 2.57. The Morgan fingerprint density at radius 2 is 1.70 bits per heavy atom. The number of nitrogens with zero attached hydrogens (tertiary/aromatic N) is 2. The summed E-state index contributed by atoms with van der Waals surface area (Å²) in [5, 5.41) is 10.1. The third-order valence-corrected chi connectivity index (χ3v) is 6.46. The lowest BCUT2D eigenvalue weighted by atomic mass is 9.74. The number of aliphatic hydroxyl groups is 1. The Balaban J connectivity index is 1.55. The minimum absolute atomic E-state index is 0.0252. The molecule has 0 bridgehead atoms. The molecule has 6 heteroatoms. The molecule has 2 aliphatic rings. The van der Waals surface area contributed by atoms with Crippen LogP contribution in [-0.4, -0.2) is 72.9 Å². The van der Waals surface area contributed by atoms with Crippen molar-refractivity contribution >= 4 is 5.91 Å². The summed E-state index contributed by atoms with van der Waals surface area (Å²) in [5.74, 6) is -0.0435. The van der Waals surface area contributed by atoms with E-state index in [1.54, 1.807) is 19.2 Å². The first-order valence-electron chi connectivity index (χ1n) is 10.6. The van der Waals surface area contributed by atoms with E-state index in [2.05, 4.69) is 29.2 Å². The summed E-state index contributed by atoms with van der Waals surface area (Å²) in [4.78, 5) is 16.7. The van der Waals surface area contributed by atoms with Gasteiger partial charge in [0.1, 0.15) is 12.4 Å². The van der Waals surface area contributed by atoms with Gasteiger partial charge in [-0.05, 0) is 48.2 Å². The van der Waals surface area contributed by atoms with E-state index in [1.807, 2.05) is 4.90 Å². The largest absolute Gasteiger partial charge is 0.395 e. The van der Waals surface area contributed by atoms with Crippen LogP contribution in [0.3, 0.4) is 0 Å². The predicted molar refractivity (Wildman–Crippen MR) is 114 cm³/mol. The van der Waals surface area contributed by atoms with E-state index >= 15 is 0 Å². The fourth-order valence-electron chi connectivity index (χ4n) is 4.92. The summed E-state index contributed by atoms with van der Waals surface area (Å²) in [6, 6.07) is 15.1. The molecule has 2 saturated heterocycles. The number of benzene rings is 2. The summed E-state index contributed by atoms with van der Waals surface area (Å²) in [6.07, 6.45) is 1.98. The first-order chi connectivity index (χ1) is 14.6. The predicted octanol–water partition coefficient (Wildman–Crippen LogP) is 2.89. The van der Waals surface area contributed by atoms with Crippen molar-refractivity contribution in [1.82, 2.24) is 9.80 Å². The maximum Gasteiger partial charge on any atom is 0.248 e. The van der Waals surface area contributed by atoms with Crippen LogP contribution in [-0.2, 0) is 9.53 Å². The number of amides is 1. The maximum atomic E-state index is 13.2. The van der Waals surface area contributed by atoms with Crippen LogP contribution in [0.25, 0.3) is 11.1 Å². The average Bonchev–Trinajstić information content (AvgIpc) is 2.74. The van der Waals surface area contributed by atoms with Crippen LogP contribution in [0.15, 0.2) is 48.5 Å². The van der Waals surface area contributed by atoms with E-state index in [9.17, 15) is 14.3 Å². The van der Waals surface area contributed by atoms with Gasteiger partial charge < -0.3 is 14.7 Å². The van der Waals surface area contributed by atoms with Gasteiger partial charge in [-0.3, -0.25) is 9.69 Å². The molecule has 1 amide bonds. The highest BCUT2D eigenvalue weighted by atomic mass is 19.1. The number of hydrogen-bond acceptors (Lipinski definition) is 4. The second-order valence-electron chi connectivity index (χ2n) is 8.19. The molecule has 0 aromatic heterocycles. The SMILES string of the molecule is COCC(=O)N1CCCCN2[C@H](C1)[C@H](c1ccc(-c3ccc(F)cc3)cc1)[C@@H]2CO. The van der Waals surface area contributed by atoms with Crippen LogP contribution >= 0.6 is 0 Å². The van der Waals surface area contributed by atoms with Gasteiger partial charge in [0.05, 0.1) is 6.61 Å². The van der Waals surface area contributed by atoms with E-state index in [1.165, 1.54) is 17.7 Å². The molecule has 5 nitrogen and oxygen atoms in total. The van der Waals surface area contributed by atoms with Gasteiger partial charge in [0.25, 0.3) is 0 Å². The zero-order chi connectivity index (χ0) is 21.1. The Labute approximate surface area is 177 Å². The van der Waals surface area contributed by atoms with Gasteiger partial charge in [-0.15, -0.1) is 0 Å². The van der Waals surface area contributed by atoms with Crippen molar-refractivity contribution in [3.8, 4) is 11.1 Å². The van der Waals surface area contributed by atoms with Crippen molar-refractivity contribution in [3.63, 3.8) is 0 Å². The first kappa shape index (κ1) is 21.0. The average molecular weight is 413 g/mol. The molecule has 160 valence electrons. The molecule has 2 fully saturated rings. The highest BCUT2D eigenvalue weighted by Crippen LogP contribution is 2.42. The fourth-order valence-corrected chi connectivity index (χ4v) is 4.92. The molecule has 2 aromatic carbocycles. The summed E-state index contributed by atoms with van der Waals surface area (Å²) < 4.78 is 18.3. The lowest BCUT2D eigenvalue weighted by Gasteiger charge is -2.57. The molecule has 0 unspecified atom stereocenters. The standard InChI is InChI=1S/C24H29FN2O3/c1-30-16-23(29)26-12-2-3-13-27-21(14-26)24(22(27)15-28)19-6-4-17(5-7-19)18-8-10-20(25)11-9-18/h4-11,21-22,24,28H,2-3,12-16H2,1H3/t21-,22+,24+/m1/s1. The topological polar surface area (TPSA) is 53.0 Å². The van der Waals surface area contributed by atoms with Crippen molar-refractivity contribution in [3.05, 3.63) is 59.9 Å². The number of halogens is 1. The Kier molecular flexibility index (Phi) is 6.46. The van der Waals surface area contributed by atoms with Crippen molar-refractivity contribution in [2.24, 2.45) is 0 Å². The second kappa shape index (κ2) is 9.25. The number of carbonyl (C=O) groups is 1. The summed E-state index contributed by atoms with van der Waals surface area (Å²) >= 11 is 0. The number of hydrogen-bond donors (Lipinski definition) is 1. The number of aliphatic hydroxyl groups excluding tert-OH is 1. The van der Waals surface area contributed by atoms with Gasteiger partial charge in [0.15, 0.2) is 0 Å². The fraction of sp³-hybridized carbons (Fsp3) is 0.458. The van der Waals surface area contributed by atoms with Crippen molar-refractivity contribution in [2.75, 3.05) is 40.0 Å². The lowest BCUT2D eigenvalue weighted by Crippen LogP contribution is -2.68. The smallest absolute Gasteiger partial charge is 0.248 e. The summed E-state index contributed by atoms with van der Waals surface area (Å²) in [5.41, 5.74) is 3.17. The monoisotopic (exact) mass is 412 g/mol. The molecule has 0 aliphatic carbocycles. The van der Waals surface area contributed by atoms with Crippen LogP contribution in [0.1, 0.15) is 24.3 Å². The number of rotatable bonds is 5. The van der Waals surface area contributed by atoms with Crippen molar-refractivity contribution in [2.45, 2.75) is 30.8 Å². The zero-order valence-electron chi connectivity index (χ0n) is 17.3. The van der Waals surface area contributed by atoms with Gasteiger partial charge >= 0.3 is 0 Å². The molecule has 4 rings (SSSR count). The van der Waals surface area contributed by atoms with Gasteiger partial charge in [-0.1, -0.05) is 36.4 Å². The summed E-state index contributed by atoms with van der Waals surface area (Å²) in [7, 11) is 1.55. The van der Waals surface area contributed by atoms with E-state index in [0.29, 0.717) is 6.54 Å².